The minimum atomic E-state index is 0.621. The maximum Gasteiger partial charge on any atom is 0.0509 e. The van der Waals surface area contributed by atoms with E-state index in [0.29, 0.717) is 12.0 Å². The fourth-order valence-corrected chi connectivity index (χ4v) is 2.39. The molecule has 0 aromatic carbocycles. The van der Waals surface area contributed by atoms with Gasteiger partial charge in [0.25, 0.3) is 0 Å². The van der Waals surface area contributed by atoms with Crippen LogP contribution in [0.15, 0.2) is 0 Å². The molecule has 0 aromatic heterocycles. The zero-order valence-electron chi connectivity index (χ0n) is 10.0. The van der Waals surface area contributed by atoms with Crippen LogP contribution < -0.4 is 5.32 Å². The van der Waals surface area contributed by atoms with Crippen LogP contribution in [0.5, 0.6) is 0 Å². The summed E-state index contributed by atoms with van der Waals surface area (Å²) >= 11 is 0. The minimum Gasteiger partial charge on any atom is -0.381 e. The molecule has 0 aliphatic carbocycles. The molecule has 2 heteroatoms. The van der Waals surface area contributed by atoms with Crippen molar-refractivity contribution in [3.63, 3.8) is 0 Å². The number of rotatable bonds is 4. The Morgan fingerprint density at radius 3 is 2.43 bits per heavy atom. The van der Waals surface area contributed by atoms with Crippen molar-refractivity contribution in [3.05, 3.63) is 0 Å². The van der Waals surface area contributed by atoms with E-state index in [4.69, 9.17) is 4.74 Å². The first-order valence-electron chi connectivity index (χ1n) is 5.91. The van der Waals surface area contributed by atoms with Gasteiger partial charge in [-0.1, -0.05) is 20.8 Å². The van der Waals surface area contributed by atoms with Crippen LogP contribution in [0.1, 0.15) is 33.6 Å². The van der Waals surface area contributed by atoms with Crippen LogP contribution in [0.4, 0.5) is 0 Å². The molecule has 1 aliphatic heterocycles. The molecule has 1 saturated heterocycles. The zero-order chi connectivity index (χ0) is 10.6. The van der Waals surface area contributed by atoms with Gasteiger partial charge in [-0.05, 0) is 37.6 Å². The summed E-state index contributed by atoms with van der Waals surface area (Å²) in [4.78, 5) is 0. The normalized spacial score (nSPS) is 27.6. The van der Waals surface area contributed by atoms with E-state index >= 15 is 0 Å². The molecular weight excluding hydrogens is 174 g/mol. The molecule has 2 nitrogen and oxygen atoms in total. The van der Waals surface area contributed by atoms with Gasteiger partial charge in [-0.15, -0.1) is 0 Å². The quantitative estimate of drug-likeness (QED) is 0.750. The second-order valence-corrected chi connectivity index (χ2v) is 4.89. The Kier molecular flexibility index (Phi) is 4.90. The predicted octanol–water partition coefficient (Wildman–Crippen LogP) is 2.29. The van der Waals surface area contributed by atoms with Crippen molar-refractivity contribution in [2.45, 2.75) is 39.7 Å². The molecular formula is C12H25NO. The summed E-state index contributed by atoms with van der Waals surface area (Å²) in [5.74, 6) is 2.19. The molecule has 14 heavy (non-hydrogen) atoms. The first-order chi connectivity index (χ1) is 6.66. The summed E-state index contributed by atoms with van der Waals surface area (Å²) in [6, 6.07) is 0.621. The van der Waals surface area contributed by atoms with Gasteiger partial charge in [-0.2, -0.15) is 0 Å². The van der Waals surface area contributed by atoms with Crippen molar-refractivity contribution in [3.8, 4) is 0 Å². The van der Waals surface area contributed by atoms with E-state index in [0.717, 1.165) is 25.0 Å². The lowest BCUT2D eigenvalue weighted by molar-refractivity contribution is 0.0273. The highest BCUT2D eigenvalue weighted by Gasteiger charge is 2.28. The molecule has 1 fully saturated rings. The van der Waals surface area contributed by atoms with E-state index in [-0.39, 0.29) is 0 Å². The lowest BCUT2D eigenvalue weighted by Gasteiger charge is -2.35. The van der Waals surface area contributed by atoms with Gasteiger partial charge < -0.3 is 10.1 Å². The van der Waals surface area contributed by atoms with Crippen LogP contribution in [0, 0.1) is 17.8 Å². The molecule has 1 aliphatic rings. The summed E-state index contributed by atoms with van der Waals surface area (Å²) in [7, 11) is 2.08. The number of nitrogens with one attached hydrogen (secondary N) is 1. The average molecular weight is 199 g/mol. The van der Waals surface area contributed by atoms with Gasteiger partial charge in [0.15, 0.2) is 0 Å². The van der Waals surface area contributed by atoms with Crippen molar-refractivity contribution in [2.75, 3.05) is 20.3 Å². The zero-order valence-corrected chi connectivity index (χ0v) is 10.0. The van der Waals surface area contributed by atoms with Crippen molar-refractivity contribution < 1.29 is 4.74 Å². The van der Waals surface area contributed by atoms with Gasteiger partial charge in [0.05, 0.1) is 6.61 Å². The van der Waals surface area contributed by atoms with Crippen LogP contribution >= 0.6 is 0 Å². The molecule has 1 rings (SSSR count). The van der Waals surface area contributed by atoms with E-state index in [2.05, 4.69) is 33.1 Å². The topological polar surface area (TPSA) is 21.3 Å². The number of ether oxygens (including phenoxy) is 1. The SMILES string of the molecule is CNC(C1CCCOC1)C(C)C(C)C. The van der Waals surface area contributed by atoms with E-state index < -0.39 is 0 Å². The van der Waals surface area contributed by atoms with Gasteiger partial charge in [0.2, 0.25) is 0 Å². The maximum absolute atomic E-state index is 5.55. The highest BCUT2D eigenvalue weighted by Crippen LogP contribution is 2.26. The van der Waals surface area contributed by atoms with Crippen LogP contribution in [0.25, 0.3) is 0 Å². The molecule has 0 bridgehead atoms. The van der Waals surface area contributed by atoms with Crippen molar-refractivity contribution >= 4 is 0 Å². The van der Waals surface area contributed by atoms with Crippen molar-refractivity contribution in [1.29, 1.82) is 0 Å². The Bertz CT molecular complexity index is 152. The molecule has 0 saturated carbocycles. The van der Waals surface area contributed by atoms with Crippen LogP contribution in [0.2, 0.25) is 0 Å². The lowest BCUT2D eigenvalue weighted by atomic mass is 9.80. The third-order valence-corrected chi connectivity index (χ3v) is 3.65. The largest absolute Gasteiger partial charge is 0.381 e. The monoisotopic (exact) mass is 199 g/mol. The fraction of sp³-hybridized carbons (Fsp3) is 1.00. The summed E-state index contributed by atoms with van der Waals surface area (Å²) < 4.78 is 5.55. The first-order valence-corrected chi connectivity index (χ1v) is 5.91. The third kappa shape index (κ3) is 2.96. The summed E-state index contributed by atoms with van der Waals surface area (Å²) in [5, 5.41) is 3.47. The molecule has 0 spiro atoms. The van der Waals surface area contributed by atoms with Gasteiger partial charge >= 0.3 is 0 Å². The molecule has 0 amide bonds. The molecule has 0 radical (unpaired) electrons. The maximum atomic E-state index is 5.55. The summed E-state index contributed by atoms with van der Waals surface area (Å²) in [6.45, 7) is 8.86. The Hall–Kier alpha value is -0.0800. The van der Waals surface area contributed by atoms with Gasteiger partial charge in [-0.3, -0.25) is 0 Å². The molecule has 0 aromatic rings. The van der Waals surface area contributed by atoms with Gasteiger partial charge in [-0.25, -0.2) is 0 Å². The standard InChI is InChI=1S/C12H25NO/c1-9(2)10(3)12(13-4)11-6-5-7-14-8-11/h9-13H,5-8H2,1-4H3. The first kappa shape index (κ1) is 12.0. The van der Waals surface area contributed by atoms with E-state index in [9.17, 15) is 0 Å². The molecule has 1 heterocycles. The Morgan fingerprint density at radius 1 is 1.29 bits per heavy atom. The number of hydrogen-bond acceptors (Lipinski definition) is 2. The highest BCUT2D eigenvalue weighted by atomic mass is 16.5. The second-order valence-electron chi connectivity index (χ2n) is 4.89. The molecule has 84 valence electrons. The second kappa shape index (κ2) is 5.72. The fourth-order valence-electron chi connectivity index (χ4n) is 2.39. The Morgan fingerprint density at radius 2 is 2.00 bits per heavy atom. The predicted molar refractivity (Wildman–Crippen MR) is 60.4 cm³/mol. The smallest absolute Gasteiger partial charge is 0.0509 e. The average Bonchev–Trinajstić information content (AvgIpc) is 2.20. The summed E-state index contributed by atoms with van der Waals surface area (Å²) in [6.07, 6.45) is 2.55. The van der Waals surface area contributed by atoms with E-state index in [1.165, 1.54) is 12.8 Å². The van der Waals surface area contributed by atoms with Crippen molar-refractivity contribution in [1.82, 2.24) is 5.32 Å². The highest BCUT2D eigenvalue weighted by molar-refractivity contribution is 4.82. The molecule has 3 atom stereocenters. The van der Waals surface area contributed by atoms with Crippen LogP contribution in [-0.2, 0) is 4.74 Å². The van der Waals surface area contributed by atoms with Crippen molar-refractivity contribution in [2.24, 2.45) is 17.8 Å². The van der Waals surface area contributed by atoms with Gasteiger partial charge in [0.1, 0.15) is 0 Å². The molecule has 1 N–H and O–H groups in total. The minimum absolute atomic E-state index is 0.621. The number of hydrogen-bond donors (Lipinski definition) is 1. The van der Waals surface area contributed by atoms with Crippen LogP contribution in [0.3, 0.4) is 0 Å². The Balaban J connectivity index is 2.50. The molecule has 3 unspecified atom stereocenters. The van der Waals surface area contributed by atoms with Crippen LogP contribution in [-0.4, -0.2) is 26.3 Å². The van der Waals surface area contributed by atoms with E-state index in [1.807, 2.05) is 0 Å². The Labute approximate surface area is 88.4 Å². The third-order valence-electron chi connectivity index (χ3n) is 3.65. The van der Waals surface area contributed by atoms with Gasteiger partial charge in [0, 0.05) is 12.6 Å². The summed E-state index contributed by atoms with van der Waals surface area (Å²) in [5.41, 5.74) is 0. The lowest BCUT2D eigenvalue weighted by Crippen LogP contribution is -2.44. The van der Waals surface area contributed by atoms with E-state index in [1.54, 1.807) is 0 Å².